The van der Waals surface area contributed by atoms with Gasteiger partial charge in [-0.1, -0.05) is 22.9 Å². The van der Waals surface area contributed by atoms with Crippen molar-refractivity contribution in [1.29, 1.82) is 0 Å². The number of nitrogens with zero attached hydrogens (tertiary/aromatic N) is 2. The molecule has 0 spiro atoms. The second-order valence-corrected chi connectivity index (χ2v) is 6.89. The lowest BCUT2D eigenvalue weighted by Gasteiger charge is -2.20. The lowest BCUT2D eigenvalue weighted by atomic mass is 10.2. The molecule has 0 saturated heterocycles. The van der Waals surface area contributed by atoms with E-state index in [1.54, 1.807) is 16.7 Å². The van der Waals surface area contributed by atoms with Crippen LogP contribution in [0.5, 0.6) is 0 Å². The van der Waals surface area contributed by atoms with Crippen LogP contribution in [0.2, 0.25) is 0 Å². The Kier molecular flexibility index (Phi) is 6.81. The average Bonchev–Trinajstić information content (AvgIpc) is 2.37. The van der Waals surface area contributed by atoms with Crippen LogP contribution in [0.15, 0.2) is 24.5 Å². The molecule has 0 N–H and O–H groups in total. The molecule has 0 aliphatic heterocycles. The fraction of sp³-hybridized carbons (Fsp3) is 0.583. The Labute approximate surface area is 118 Å². The van der Waals surface area contributed by atoms with E-state index < -0.39 is 10.0 Å². The fourth-order valence-electron chi connectivity index (χ4n) is 1.66. The Balaban J connectivity index is 2.62. The van der Waals surface area contributed by atoms with Crippen LogP contribution in [-0.2, 0) is 16.4 Å². The SMILES string of the molecule is CCCN(CCBr)S(=O)(=O)CCc1ccncc1. The quantitative estimate of drug-likeness (QED) is 0.684. The number of hydrogen-bond acceptors (Lipinski definition) is 3. The summed E-state index contributed by atoms with van der Waals surface area (Å²) >= 11 is 3.29. The zero-order valence-electron chi connectivity index (χ0n) is 10.5. The normalized spacial score (nSPS) is 11.9. The molecule has 1 aromatic heterocycles. The molecule has 1 aromatic rings. The van der Waals surface area contributed by atoms with E-state index >= 15 is 0 Å². The topological polar surface area (TPSA) is 50.3 Å². The summed E-state index contributed by atoms with van der Waals surface area (Å²) in [6, 6.07) is 3.70. The first kappa shape index (κ1) is 15.6. The molecule has 1 rings (SSSR count). The van der Waals surface area contributed by atoms with Crippen molar-refractivity contribution in [2.45, 2.75) is 19.8 Å². The van der Waals surface area contributed by atoms with Crippen molar-refractivity contribution >= 4 is 26.0 Å². The summed E-state index contributed by atoms with van der Waals surface area (Å²) in [4.78, 5) is 3.92. The number of pyridine rings is 1. The Morgan fingerprint density at radius 3 is 2.50 bits per heavy atom. The maximum atomic E-state index is 12.2. The Morgan fingerprint density at radius 2 is 1.94 bits per heavy atom. The van der Waals surface area contributed by atoms with Crippen LogP contribution in [0, 0.1) is 0 Å². The third-order valence-electron chi connectivity index (χ3n) is 2.60. The summed E-state index contributed by atoms with van der Waals surface area (Å²) < 4.78 is 25.9. The molecule has 102 valence electrons. The number of rotatable bonds is 8. The first-order valence-electron chi connectivity index (χ1n) is 6.03. The van der Waals surface area contributed by atoms with E-state index in [-0.39, 0.29) is 5.75 Å². The van der Waals surface area contributed by atoms with Crippen molar-refractivity contribution in [2.75, 3.05) is 24.2 Å². The van der Waals surface area contributed by atoms with Gasteiger partial charge >= 0.3 is 0 Å². The predicted molar refractivity (Wildman–Crippen MR) is 77.4 cm³/mol. The van der Waals surface area contributed by atoms with Gasteiger partial charge in [0.1, 0.15) is 0 Å². The maximum absolute atomic E-state index is 12.2. The number of sulfonamides is 1. The van der Waals surface area contributed by atoms with Gasteiger partial charge in [0, 0.05) is 30.8 Å². The van der Waals surface area contributed by atoms with Crippen molar-refractivity contribution in [3.05, 3.63) is 30.1 Å². The zero-order valence-corrected chi connectivity index (χ0v) is 13.0. The molecule has 0 radical (unpaired) electrons. The minimum Gasteiger partial charge on any atom is -0.265 e. The van der Waals surface area contributed by atoms with Gasteiger partial charge in [0.15, 0.2) is 0 Å². The molecule has 6 heteroatoms. The molecule has 0 aliphatic carbocycles. The third-order valence-corrected chi connectivity index (χ3v) is 4.82. The van der Waals surface area contributed by atoms with Gasteiger partial charge in [-0.15, -0.1) is 0 Å². The largest absolute Gasteiger partial charge is 0.265 e. The van der Waals surface area contributed by atoms with Crippen LogP contribution < -0.4 is 0 Å². The van der Waals surface area contributed by atoms with Gasteiger partial charge in [-0.3, -0.25) is 4.98 Å². The van der Waals surface area contributed by atoms with Crippen LogP contribution in [-0.4, -0.2) is 41.9 Å². The smallest absolute Gasteiger partial charge is 0.214 e. The van der Waals surface area contributed by atoms with Gasteiger partial charge in [-0.25, -0.2) is 12.7 Å². The lowest BCUT2D eigenvalue weighted by molar-refractivity contribution is 0.430. The first-order chi connectivity index (χ1) is 8.60. The Morgan fingerprint density at radius 1 is 1.28 bits per heavy atom. The summed E-state index contributed by atoms with van der Waals surface area (Å²) in [7, 11) is -3.16. The lowest BCUT2D eigenvalue weighted by Crippen LogP contribution is -2.35. The van der Waals surface area contributed by atoms with Crippen LogP contribution in [0.25, 0.3) is 0 Å². The van der Waals surface area contributed by atoms with Gasteiger partial charge in [0.25, 0.3) is 0 Å². The predicted octanol–water partition coefficient (Wildman–Crippen LogP) is 2.06. The monoisotopic (exact) mass is 334 g/mol. The molecule has 0 atom stereocenters. The summed E-state index contributed by atoms with van der Waals surface area (Å²) in [6.45, 7) is 3.11. The molecule has 18 heavy (non-hydrogen) atoms. The van der Waals surface area contributed by atoms with Gasteiger partial charge < -0.3 is 0 Å². The highest BCUT2D eigenvalue weighted by Gasteiger charge is 2.20. The highest BCUT2D eigenvalue weighted by Crippen LogP contribution is 2.07. The van der Waals surface area contributed by atoms with Crippen molar-refractivity contribution in [3.8, 4) is 0 Å². The second-order valence-electron chi connectivity index (χ2n) is 4.01. The highest BCUT2D eigenvalue weighted by atomic mass is 79.9. The molecule has 0 amide bonds. The number of hydrogen-bond donors (Lipinski definition) is 0. The Bertz CT molecular complexity index is 431. The van der Waals surface area contributed by atoms with Gasteiger partial charge in [-0.05, 0) is 30.5 Å². The molecule has 4 nitrogen and oxygen atoms in total. The molecule has 1 heterocycles. The van der Waals surface area contributed by atoms with E-state index in [1.165, 1.54) is 0 Å². The standard InChI is InChI=1S/C12H19BrN2O2S/c1-2-9-15(10-6-13)18(16,17)11-5-12-3-7-14-8-4-12/h3-4,7-8H,2,5-6,9-11H2,1H3. The molecule has 0 bridgehead atoms. The van der Waals surface area contributed by atoms with Gasteiger partial charge in [0.2, 0.25) is 10.0 Å². The average molecular weight is 335 g/mol. The van der Waals surface area contributed by atoms with E-state index in [2.05, 4.69) is 20.9 Å². The van der Waals surface area contributed by atoms with E-state index in [4.69, 9.17) is 0 Å². The molecule has 0 unspecified atom stereocenters. The van der Waals surface area contributed by atoms with E-state index in [9.17, 15) is 8.42 Å². The molecule has 0 aromatic carbocycles. The number of aryl methyl sites for hydroxylation is 1. The van der Waals surface area contributed by atoms with E-state index in [1.807, 2.05) is 19.1 Å². The minimum absolute atomic E-state index is 0.157. The zero-order chi connectivity index (χ0) is 13.4. The van der Waals surface area contributed by atoms with Crippen LogP contribution in [0.4, 0.5) is 0 Å². The number of aromatic nitrogens is 1. The summed E-state index contributed by atoms with van der Waals surface area (Å²) in [6.07, 6.45) is 4.74. The van der Waals surface area contributed by atoms with Crippen LogP contribution in [0.1, 0.15) is 18.9 Å². The summed E-state index contributed by atoms with van der Waals surface area (Å²) in [5, 5.41) is 0.668. The minimum atomic E-state index is -3.16. The molecule has 0 saturated carbocycles. The van der Waals surface area contributed by atoms with Crippen LogP contribution >= 0.6 is 15.9 Å². The second kappa shape index (κ2) is 7.86. The first-order valence-corrected chi connectivity index (χ1v) is 8.76. The van der Waals surface area contributed by atoms with Crippen molar-refractivity contribution in [2.24, 2.45) is 0 Å². The summed E-state index contributed by atoms with van der Waals surface area (Å²) in [5.41, 5.74) is 1.00. The number of halogens is 1. The molecule has 0 aliphatic rings. The van der Waals surface area contributed by atoms with Crippen molar-refractivity contribution in [3.63, 3.8) is 0 Å². The highest BCUT2D eigenvalue weighted by molar-refractivity contribution is 9.09. The maximum Gasteiger partial charge on any atom is 0.214 e. The fourth-order valence-corrected chi connectivity index (χ4v) is 3.90. The summed E-state index contributed by atoms with van der Waals surface area (Å²) in [5.74, 6) is 0.157. The van der Waals surface area contributed by atoms with Crippen molar-refractivity contribution in [1.82, 2.24) is 9.29 Å². The third kappa shape index (κ3) is 5.04. The molecular weight excluding hydrogens is 316 g/mol. The number of alkyl halides is 1. The van der Waals surface area contributed by atoms with Gasteiger partial charge in [0.05, 0.1) is 5.75 Å². The van der Waals surface area contributed by atoms with Crippen molar-refractivity contribution < 1.29 is 8.42 Å². The van der Waals surface area contributed by atoms with E-state index in [0.29, 0.717) is 24.8 Å². The Hall–Kier alpha value is -0.460. The van der Waals surface area contributed by atoms with E-state index in [0.717, 1.165) is 12.0 Å². The molecular formula is C12H19BrN2O2S. The van der Waals surface area contributed by atoms with Crippen LogP contribution in [0.3, 0.4) is 0 Å². The molecule has 0 fully saturated rings. The van der Waals surface area contributed by atoms with Gasteiger partial charge in [-0.2, -0.15) is 0 Å².